The normalized spacial score (nSPS) is 10.1. The highest BCUT2D eigenvalue weighted by Gasteiger charge is 2.10. The SMILES string of the molecule is COc1ccc(CC(=O)NCc2ncn[nH]2)c(OC)c1. The van der Waals surface area contributed by atoms with E-state index in [4.69, 9.17) is 9.47 Å². The number of carbonyl (C=O) groups excluding carboxylic acids is 1. The summed E-state index contributed by atoms with van der Waals surface area (Å²) in [5.41, 5.74) is 0.795. The molecule has 106 valence electrons. The lowest BCUT2D eigenvalue weighted by molar-refractivity contribution is -0.120. The van der Waals surface area contributed by atoms with Crippen molar-refractivity contribution in [1.82, 2.24) is 20.5 Å². The molecule has 20 heavy (non-hydrogen) atoms. The first-order valence-corrected chi connectivity index (χ1v) is 6.04. The number of methoxy groups -OCH3 is 2. The third kappa shape index (κ3) is 3.47. The molecule has 0 saturated heterocycles. The van der Waals surface area contributed by atoms with Crippen molar-refractivity contribution in [2.24, 2.45) is 0 Å². The van der Waals surface area contributed by atoms with Gasteiger partial charge in [0.2, 0.25) is 5.91 Å². The van der Waals surface area contributed by atoms with Crippen molar-refractivity contribution < 1.29 is 14.3 Å². The summed E-state index contributed by atoms with van der Waals surface area (Å²) in [6, 6.07) is 5.35. The number of benzene rings is 1. The van der Waals surface area contributed by atoms with Gasteiger partial charge in [-0.2, -0.15) is 5.10 Å². The van der Waals surface area contributed by atoms with Crippen LogP contribution in [0.1, 0.15) is 11.4 Å². The second kappa shape index (κ2) is 6.55. The van der Waals surface area contributed by atoms with Crippen LogP contribution in [0.5, 0.6) is 11.5 Å². The number of carbonyl (C=O) groups is 1. The van der Waals surface area contributed by atoms with Crippen LogP contribution in [0.15, 0.2) is 24.5 Å². The monoisotopic (exact) mass is 276 g/mol. The molecule has 1 aromatic heterocycles. The standard InChI is InChI=1S/C13H16N4O3/c1-19-10-4-3-9(11(6-10)20-2)5-13(18)14-7-12-15-8-16-17-12/h3-4,6,8H,5,7H2,1-2H3,(H,14,18)(H,15,16,17). The summed E-state index contributed by atoms with van der Waals surface area (Å²) in [4.78, 5) is 15.8. The largest absolute Gasteiger partial charge is 0.497 e. The van der Waals surface area contributed by atoms with E-state index in [0.717, 1.165) is 5.56 Å². The third-order valence-corrected chi connectivity index (χ3v) is 2.76. The van der Waals surface area contributed by atoms with Gasteiger partial charge in [-0.1, -0.05) is 6.07 Å². The molecule has 0 aliphatic carbocycles. The van der Waals surface area contributed by atoms with Crippen molar-refractivity contribution in [2.75, 3.05) is 14.2 Å². The first kappa shape index (κ1) is 13.9. The average molecular weight is 276 g/mol. The minimum absolute atomic E-state index is 0.120. The van der Waals surface area contributed by atoms with Crippen LogP contribution in [-0.4, -0.2) is 35.3 Å². The van der Waals surface area contributed by atoms with E-state index in [2.05, 4.69) is 20.5 Å². The highest BCUT2D eigenvalue weighted by molar-refractivity contribution is 5.79. The molecule has 2 aromatic rings. The molecule has 0 aliphatic rings. The van der Waals surface area contributed by atoms with Crippen LogP contribution in [0.25, 0.3) is 0 Å². The molecule has 2 rings (SSSR count). The number of H-pyrrole nitrogens is 1. The van der Waals surface area contributed by atoms with E-state index in [0.29, 0.717) is 23.9 Å². The Morgan fingerprint density at radius 1 is 1.35 bits per heavy atom. The molecule has 0 radical (unpaired) electrons. The highest BCUT2D eigenvalue weighted by atomic mass is 16.5. The van der Waals surface area contributed by atoms with Gasteiger partial charge in [-0.3, -0.25) is 9.89 Å². The number of aromatic nitrogens is 3. The number of hydrogen-bond acceptors (Lipinski definition) is 5. The summed E-state index contributed by atoms with van der Waals surface area (Å²) < 4.78 is 10.4. The number of amides is 1. The van der Waals surface area contributed by atoms with Gasteiger partial charge in [0, 0.05) is 11.6 Å². The van der Waals surface area contributed by atoms with Gasteiger partial charge in [-0.25, -0.2) is 4.98 Å². The number of nitrogens with zero attached hydrogens (tertiary/aromatic N) is 2. The maximum absolute atomic E-state index is 11.9. The molecule has 0 saturated carbocycles. The zero-order valence-electron chi connectivity index (χ0n) is 11.3. The molecular formula is C13H16N4O3. The van der Waals surface area contributed by atoms with Gasteiger partial charge in [-0.15, -0.1) is 0 Å². The van der Waals surface area contributed by atoms with Crippen LogP contribution in [0.2, 0.25) is 0 Å². The number of ether oxygens (including phenoxy) is 2. The van der Waals surface area contributed by atoms with Crippen molar-refractivity contribution >= 4 is 5.91 Å². The Morgan fingerprint density at radius 3 is 2.85 bits per heavy atom. The van der Waals surface area contributed by atoms with Gasteiger partial charge < -0.3 is 14.8 Å². The molecule has 0 aliphatic heterocycles. The molecule has 0 atom stereocenters. The summed E-state index contributed by atoms with van der Waals surface area (Å²) in [5, 5.41) is 9.14. The van der Waals surface area contributed by atoms with Gasteiger partial charge in [0.05, 0.1) is 27.2 Å². The smallest absolute Gasteiger partial charge is 0.224 e. The Bertz CT molecular complexity index is 569. The topological polar surface area (TPSA) is 89.1 Å². The van der Waals surface area contributed by atoms with Crippen molar-refractivity contribution in [3.8, 4) is 11.5 Å². The van der Waals surface area contributed by atoms with Gasteiger partial charge in [0.15, 0.2) is 0 Å². The van der Waals surface area contributed by atoms with Gasteiger partial charge in [0.1, 0.15) is 23.7 Å². The molecule has 7 heteroatoms. The van der Waals surface area contributed by atoms with Gasteiger partial charge in [0.25, 0.3) is 0 Å². The number of rotatable bonds is 6. The number of nitrogens with one attached hydrogen (secondary N) is 2. The molecule has 7 nitrogen and oxygen atoms in total. The van der Waals surface area contributed by atoms with Gasteiger partial charge >= 0.3 is 0 Å². The first-order chi connectivity index (χ1) is 9.72. The minimum atomic E-state index is -0.120. The third-order valence-electron chi connectivity index (χ3n) is 2.76. The van der Waals surface area contributed by atoms with E-state index in [1.54, 1.807) is 26.4 Å². The lowest BCUT2D eigenvalue weighted by Crippen LogP contribution is -2.25. The zero-order valence-corrected chi connectivity index (χ0v) is 11.3. The van der Waals surface area contributed by atoms with E-state index >= 15 is 0 Å². The summed E-state index contributed by atoms with van der Waals surface area (Å²) in [5.74, 6) is 1.80. The molecule has 1 heterocycles. The van der Waals surface area contributed by atoms with Crippen LogP contribution >= 0.6 is 0 Å². The van der Waals surface area contributed by atoms with E-state index in [1.807, 2.05) is 6.07 Å². The molecule has 1 amide bonds. The fourth-order valence-corrected chi connectivity index (χ4v) is 1.73. The summed E-state index contributed by atoms with van der Waals surface area (Å²) in [7, 11) is 3.14. The number of hydrogen-bond donors (Lipinski definition) is 2. The van der Waals surface area contributed by atoms with Crippen molar-refractivity contribution in [2.45, 2.75) is 13.0 Å². The molecule has 1 aromatic carbocycles. The predicted molar refractivity (Wildman–Crippen MR) is 71.5 cm³/mol. The molecule has 0 bridgehead atoms. The maximum atomic E-state index is 11.9. The van der Waals surface area contributed by atoms with Crippen LogP contribution in [0.3, 0.4) is 0 Å². The van der Waals surface area contributed by atoms with Crippen molar-refractivity contribution in [1.29, 1.82) is 0 Å². The molecule has 2 N–H and O–H groups in total. The minimum Gasteiger partial charge on any atom is -0.497 e. The van der Waals surface area contributed by atoms with Crippen LogP contribution in [-0.2, 0) is 17.8 Å². The maximum Gasteiger partial charge on any atom is 0.224 e. The summed E-state index contributed by atoms with van der Waals surface area (Å²) >= 11 is 0. The van der Waals surface area contributed by atoms with Crippen LogP contribution < -0.4 is 14.8 Å². The lowest BCUT2D eigenvalue weighted by atomic mass is 10.1. The zero-order chi connectivity index (χ0) is 14.4. The predicted octanol–water partition coefficient (Wildman–Crippen LogP) is 0.681. The Morgan fingerprint density at radius 2 is 2.20 bits per heavy atom. The number of aromatic amines is 1. The lowest BCUT2D eigenvalue weighted by Gasteiger charge is -2.10. The quantitative estimate of drug-likeness (QED) is 0.810. The molecule has 0 fully saturated rings. The Kier molecular flexibility index (Phi) is 4.54. The summed E-state index contributed by atoms with van der Waals surface area (Å²) in [6.45, 7) is 0.317. The fraction of sp³-hybridized carbons (Fsp3) is 0.308. The van der Waals surface area contributed by atoms with E-state index in [9.17, 15) is 4.79 Å². The fourth-order valence-electron chi connectivity index (χ4n) is 1.73. The Hall–Kier alpha value is -2.57. The van der Waals surface area contributed by atoms with Gasteiger partial charge in [-0.05, 0) is 6.07 Å². The Labute approximate surface area is 116 Å². The second-order valence-corrected chi connectivity index (χ2v) is 4.06. The average Bonchev–Trinajstić information content (AvgIpc) is 2.99. The first-order valence-electron chi connectivity index (χ1n) is 6.04. The van der Waals surface area contributed by atoms with Crippen molar-refractivity contribution in [3.05, 3.63) is 35.9 Å². The second-order valence-electron chi connectivity index (χ2n) is 4.06. The highest BCUT2D eigenvalue weighted by Crippen LogP contribution is 2.24. The van der Waals surface area contributed by atoms with Crippen LogP contribution in [0.4, 0.5) is 0 Å². The molecule has 0 spiro atoms. The van der Waals surface area contributed by atoms with E-state index in [1.165, 1.54) is 6.33 Å². The Balaban J connectivity index is 1.96. The van der Waals surface area contributed by atoms with Crippen molar-refractivity contribution in [3.63, 3.8) is 0 Å². The molecule has 0 unspecified atom stereocenters. The summed E-state index contributed by atoms with van der Waals surface area (Å²) in [6.07, 6.45) is 1.62. The van der Waals surface area contributed by atoms with E-state index in [-0.39, 0.29) is 12.3 Å². The molecular weight excluding hydrogens is 260 g/mol. The van der Waals surface area contributed by atoms with E-state index < -0.39 is 0 Å². The van der Waals surface area contributed by atoms with Crippen LogP contribution in [0, 0.1) is 0 Å².